The summed E-state index contributed by atoms with van der Waals surface area (Å²) in [6.07, 6.45) is 2.44. The van der Waals surface area contributed by atoms with Crippen molar-refractivity contribution in [2.24, 2.45) is 5.73 Å². The van der Waals surface area contributed by atoms with Crippen LogP contribution < -0.4 is 21.7 Å². The van der Waals surface area contributed by atoms with Gasteiger partial charge < -0.3 is 21.7 Å². The van der Waals surface area contributed by atoms with E-state index in [-0.39, 0.29) is 49.4 Å². The quantitative estimate of drug-likeness (QED) is 0.351. The Hall–Kier alpha value is -1.61. The number of ketones is 1. The van der Waals surface area contributed by atoms with E-state index in [1.807, 2.05) is 6.26 Å². The summed E-state index contributed by atoms with van der Waals surface area (Å²) in [4.78, 5) is 45.1. The highest BCUT2D eigenvalue weighted by Crippen LogP contribution is 1.94. The fourth-order valence-corrected chi connectivity index (χ4v) is 2.07. The molecule has 5 N–H and O–H groups in total. The van der Waals surface area contributed by atoms with E-state index in [0.29, 0.717) is 18.7 Å². The fourth-order valence-electron chi connectivity index (χ4n) is 1.56. The zero-order chi connectivity index (χ0) is 17.7. The summed E-state index contributed by atoms with van der Waals surface area (Å²) < 4.78 is 0. The van der Waals surface area contributed by atoms with Crippen LogP contribution in [0.15, 0.2) is 0 Å². The van der Waals surface area contributed by atoms with Crippen molar-refractivity contribution in [3.63, 3.8) is 0 Å². The Kier molecular flexibility index (Phi) is 12.0. The number of nitrogens with one attached hydrogen (secondary N) is 3. The maximum absolute atomic E-state index is 11.5. The van der Waals surface area contributed by atoms with Crippen molar-refractivity contribution in [1.82, 2.24) is 16.0 Å². The van der Waals surface area contributed by atoms with Gasteiger partial charge in [0, 0.05) is 44.6 Å². The highest BCUT2D eigenvalue weighted by molar-refractivity contribution is 7.98. The predicted molar refractivity (Wildman–Crippen MR) is 89.9 cm³/mol. The molecule has 0 saturated heterocycles. The number of hydrogen-bond donors (Lipinski definition) is 4. The average molecular weight is 346 g/mol. The van der Waals surface area contributed by atoms with Crippen LogP contribution in [0.4, 0.5) is 0 Å². The first-order chi connectivity index (χ1) is 10.9. The van der Waals surface area contributed by atoms with E-state index < -0.39 is 6.04 Å². The van der Waals surface area contributed by atoms with E-state index >= 15 is 0 Å². The van der Waals surface area contributed by atoms with Crippen LogP contribution in [0.2, 0.25) is 0 Å². The van der Waals surface area contributed by atoms with Gasteiger partial charge in [-0.15, -0.1) is 0 Å². The summed E-state index contributed by atoms with van der Waals surface area (Å²) in [5.41, 5.74) is 5.62. The fraction of sp³-hybridized carbons (Fsp3) is 0.714. The van der Waals surface area contributed by atoms with Gasteiger partial charge in [-0.05, 0) is 13.2 Å². The van der Waals surface area contributed by atoms with Crippen LogP contribution in [0.5, 0.6) is 0 Å². The maximum atomic E-state index is 11.5. The largest absolute Gasteiger partial charge is 0.356 e. The minimum absolute atomic E-state index is 0.0119. The molecule has 0 fully saturated rings. The molecule has 0 aromatic heterocycles. The second-order valence-electron chi connectivity index (χ2n) is 5.00. The van der Waals surface area contributed by atoms with Crippen molar-refractivity contribution in [3.05, 3.63) is 0 Å². The zero-order valence-corrected chi connectivity index (χ0v) is 14.5. The molecular weight excluding hydrogens is 320 g/mol. The van der Waals surface area contributed by atoms with Crippen molar-refractivity contribution < 1.29 is 19.2 Å². The van der Waals surface area contributed by atoms with Crippen LogP contribution in [0.3, 0.4) is 0 Å². The molecule has 9 heteroatoms. The maximum Gasteiger partial charge on any atom is 0.237 e. The van der Waals surface area contributed by atoms with Gasteiger partial charge in [-0.2, -0.15) is 11.8 Å². The molecule has 0 heterocycles. The van der Waals surface area contributed by atoms with Crippen LogP contribution in [0.25, 0.3) is 0 Å². The summed E-state index contributed by atoms with van der Waals surface area (Å²) in [6, 6.07) is -0.577. The Morgan fingerprint density at radius 2 is 1.39 bits per heavy atom. The normalized spacial score (nSPS) is 11.4. The lowest BCUT2D eigenvalue weighted by Crippen LogP contribution is -2.43. The van der Waals surface area contributed by atoms with Crippen molar-refractivity contribution in [2.75, 3.05) is 31.6 Å². The molecule has 0 saturated carbocycles. The van der Waals surface area contributed by atoms with Crippen LogP contribution in [0.1, 0.15) is 26.2 Å². The number of nitrogens with two attached hydrogens (primary N) is 1. The van der Waals surface area contributed by atoms with Crippen LogP contribution in [0, 0.1) is 0 Å². The zero-order valence-electron chi connectivity index (χ0n) is 13.6. The van der Waals surface area contributed by atoms with E-state index in [2.05, 4.69) is 16.0 Å². The lowest BCUT2D eigenvalue weighted by Gasteiger charge is -2.11. The molecule has 132 valence electrons. The first-order valence-electron chi connectivity index (χ1n) is 7.41. The number of thioether (sulfide) groups is 1. The third-order valence-corrected chi connectivity index (χ3v) is 3.50. The molecular formula is C14H26N4O4S. The monoisotopic (exact) mass is 346 g/mol. The van der Waals surface area contributed by atoms with Crippen molar-refractivity contribution in [3.8, 4) is 0 Å². The van der Waals surface area contributed by atoms with Crippen molar-refractivity contribution in [1.29, 1.82) is 0 Å². The number of carbonyl (C=O) groups is 4. The van der Waals surface area contributed by atoms with E-state index in [9.17, 15) is 19.2 Å². The first-order valence-corrected chi connectivity index (χ1v) is 8.81. The predicted octanol–water partition coefficient (Wildman–Crippen LogP) is -1.22. The van der Waals surface area contributed by atoms with Gasteiger partial charge in [0.15, 0.2) is 0 Å². The van der Waals surface area contributed by atoms with Crippen LogP contribution >= 0.6 is 11.8 Å². The molecule has 0 bridgehead atoms. The molecule has 0 aliphatic carbocycles. The third-order valence-electron chi connectivity index (χ3n) is 2.81. The molecule has 0 aromatic carbocycles. The van der Waals surface area contributed by atoms with Crippen molar-refractivity contribution in [2.45, 2.75) is 32.2 Å². The minimum Gasteiger partial charge on any atom is -0.356 e. The van der Waals surface area contributed by atoms with Gasteiger partial charge in [0.1, 0.15) is 5.78 Å². The summed E-state index contributed by atoms with van der Waals surface area (Å²) in [5.74, 6) is -0.213. The minimum atomic E-state index is -0.577. The molecule has 0 aromatic rings. The van der Waals surface area contributed by atoms with Gasteiger partial charge >= 0.3 is 0 Å². The second kappa shape index (κ2) is 12.9. The number of amides is 3. The van der Waals surface area contributed by atoms with Gasteiger partial charge in [0.2, 0.25) is 17.7 Å². The number of carbonyl (C=O) groups excluding carboxylic acids is 4. The molecule has 8 nitrogen and oxygen atoms in total. The summed E-state index contributed by atoms with van der Waals surface area (Å²) in [6.45, 7) is 2.19. The molecule has 0 rings (SSSR count). The lowest BCUT2D eigenvalue weighted by molar-refractivity contribution is -0.123. The average Bonchev–Trinajstić information content (AvgIpc) is 2.46. The number of Topliss-reactive ketones (excluding diaryl/α,β-unsaturated/α-hetero) is 1. The molecule has 23 heavy (non-hydrogen) atoms. The molecule has 1 atom stereocenters. The Balaban J connectivity index is 3.66. The smallest absolute Gasteiger partial charge is 0.237 e. The molecule has 0 spiro atoms. The summed E-state index contributed by atoms with van der Waals surface area (Å²) in [7, 11) is 0. The van der Waals surface area contributed by atoms with E-state index in [1.54, 1.807) is 0 Å². The second-order valence-corrected chi connectivity index (χ2v) is 5.92. The van der Waals surface area contributed by atoms with E-state index in [4.69, 9.17) is 5.73 Å². The van der Waals surface area contributed by atoms with E-state index in [1.165, 1.54) is 18.7 Å². The van der Waals surface area contributed by atoms with Gasteiger partial charge in [-0.1, -0.05) is 0 Å². The highest BCUT2D eigenvalue weighted by atomic mass is 32.2. The first kappa shape index (κ1) is 21.4. The van der Waals surface area contributed by atoms with Gasteiger partial charge in [0.25, 0.3) is 0 Å². The van der Waals surface area contributed by atoms with Gasteiger partial charge in [-0.3, -0.25) is 19.2 Å². The Bertz CT molecular complexity index is 418. The molecule has 0 radical (unpaired) electrons. The Morgan fingerprint density at radius 3 is 1.87 bits per heavy atom. The molecule has 0 unspecified atom stereocenters. The van der Waals surface area contributed by atoms with Crippen LogP contribution in [-0.2, 0) is 19.2 Å². The SMILES string of the molecule is CSC[C@@H](N)C(=O)NCCC(=O)NCCC(=O)NCCC(C)=O. The summed E-state index contributed by atoms with van der Waals surface area (Å²) >= 11 is 1.48. The molecule has 3 amide bonds. The lowest BCUT2D eigenvalue weighted by atomic mass is 10.3. The Morgan fingerprint density at radius 1 is 0.913 bits per heavy atom. The van der Waals surface area contributed by atoms with E-state index in [0.717, 1.165) is 0 Å². The van der Waals surface area contributed by atoms with Crippen LogP contribution in [-0.4, -0.2) is 61.2 Å². The summed E-state index contributed by atoms with van der Waals surface area (Å²) in [5, 5.41) is 7.76. The third kappa shape index (κ3) is 12.6. The van der Waals surface area contributed by atoms with Crippen molar-refractivity contribution >= 4 is 35.3 Å². The number of rotatable bonds is 12. The highest BCUT2D eigenvalue weighted by Gasteiger charge is 2.12. The Labute approximate surface area is 140 Å². The van der Waals surface area contributed by atoms with Gasteiger partial charge in [-0.25, -0.2) is 0 Å². The molecule has 0 aliphatic rings. The number of hydrogen-bond acceptors (Lipinski definition) is 6. The standard InChI is InChI=1S/C14H26N4O4S/c1-10(19)3-6-16-12(20)4-7-17-13(21)5-8-18-14(22)11(15)9-23-2/h11H,3-9,15H2,1-2H3,(H,16,20)(H,17,21)(H,18,22)/t11-/m1/s1. The topological polar surface area (TPSA) is 130 Å². The molecule has 0 aliphatic heterocycles. The van der Waals surface area contributed by atoms with Gasteiger partial charge in [0.05, 0.1) is 6.04 Å².